The van der Waals surface area contributed by atoms with Gasteiger partial charge in [0.1, 0.15) is 11.0 Å². The van der Waals surface area contributed by atoms with E-state index >= 15 is 0 Å². The fourth-order valence-electron chi connectivity index (χ4n) is 2.60. The minimum atomic E-state index is 0.592. The van der Waals surface area contributed by atoms with Crippen molar-refractivity contribution >= 4 is 17.4 Å². The van der Waals surface area contributed by atoms with E-state index in [4.69, 9.17) is 11.6 Å². The van der Waals surface area contributed by atoms with E-state index in [1.54, 1.807) is 0 Å². The first kappa shape index (κ1) is 12.7. The molecule has 0 aliphatic heterocycles. The van der Waals surface area contributed by atoms with Gasteiger partial charge in [0.2, 0.25) is 0 Å². The maximum Gasteiger partial charge on any atom is 0.131 e. The highest BCUT2D eigenvalue weighted by Crippen LogP contribution is 2.28. The van der Waals surface area contributed by atoms with Crippen LogP contribution in [-0.4, -0.2) is 17.6 Å². The van der Waals surface area contributed by atoms with Crippen LogP contribution in [0.25, 0.3) is 0 Å². The van der Waals surface area contributed by atoms with E-state index in [-0.39, 0.29) is 0 Å². The van der Waals surface area contributed by atoms with Crippen molar-refractivity contribution in [1.82, 2.24) is 4.98 Å². The largest absolute Gasteiger partial charge is 0.353 e. The lowest BCUT2D eigenvalue weighted by atomic mass is 10.1. The van der Waals surface area contributed by atoms with Crippen LogP contribution in [0.5, 0.6) is 0 Å². The fraction of sp³-hybridized carbons (Fsp3) is 0.643. The minimum absolute atomic E-state index is 0.592. The Hall–Kier alpha value is -0.760. The summed E-state index contributed by atoms with van der Waals surface area (Å²) >= 11 is 5.99. The molecule has 0 saturated heterocycles. The Morgan fingerprint density at radius 1 is 1.35 bits per heavy atom. The van der Waals surface area contributed by atoms with E-state index in [2.05, 4.69) is 29.8 Å². The second-order valence-corrected chi connectivity index (χ2v) is 5.69. The summed E-state index contributed by atoms with van der Waals surface area (Å²) in [6, 6.07) is 6.57. The maximum atomic E-state index is 5.99. The van der Waals surface area contributed by atoms with Gasteiger partial charge in [-0.3, -0.25) is 0 Å². The normalized spacial score (nSPS) is 16.7. The standard InChI is InChI=1S/C14H21ClN2/c1-11(2)10-17(12-6-3-4-7-12)14-9-5-8-13(15)16-14/h5,8-9,11-12H,3-4,6-7,10H2,1-2H3. The molecular formula is C14H21ClN2. The molecule has 1 aromatic rings. The highest BCUT2D eigenvalue weighted by Gasteiger charge is 2.24. The molecule has 0 aromatic carbocycles. The number of hydrogen-bond acceptors (Lipinski definition) is 2. The molecule has 3 heteroatoms. The zero-order valence-corrected chi connectivity index (χ0v) is 11.5. The molecule has 0 amide bonds. The number of aromatic nitrogens is 1. The third-order valence-corrected chi connectivity index (χ3v) is 3.53. The first-order valence-electron chi connectivity index (χ1n) is 6.56. The Morgan fingerprint density at radius 2 is 2.06 bits per heavy atom. The van der Waals surface area contributed by atoms with E-state index in [1.807, 2.05) is 12.1 Å². The Bertz CT molecular complexity index is 359. The molecule has 94 valence electrons. The molecule has 17 heavy (non-hydrogen) atoms. The van der Waals surface area contributed by atoms with E-state index in [9.17, 15) is 0 Å². The highest BCUT2D eigenvalue weighted by atomic mass is 35.5. The van der Waals surface area contributed by atoms with Gasteiger partial charge in [-0.1, -0.05) is 44.4 Å². The van der Waals surface area contributed by atoms with Crippen molar-refractivity contribution in [3.8, 4) is 0 Å². The van der Waals surface area contributed by atoms with Crippen molar-refractivity contribution in [3.05, 3.63) is 23.4 Å². The van der Waals surface area contributed by atoms with Gasteiger partial charge in [-0.25, -0.2) is 4.98 Å². The summed E-state index contributed by atoms with van der Waals surface area (Å²) in [6.07, 6.45) is 5.28. The summed E-state index contributed by atoms with van der Waals surface area (Å²) in [5, 5.41) is 0.592. The molecule has 0 atom stereocenters. The third kappa shape index (κ3) is 3.35. The predicted octanol–water partition coefficient (Wildman–Crippen LogP) is 4.14. The zero-order valence-electron chi connectivity index (χ0n) is 10.7. The predicted molar refractivity (Wildman–Crippen MR) is 73.7 cm³/mol. The summed E-state index contributed by atoms with van der Waals surface area (Å²) in [4.78, 5) is 6.91. The second-order valence-electron chi connectivity index (χ2n) is 5.30. The van der Waals surface area contributed by atoms with Crippen LogP contribution in [0.4, 0.5) is 5.82 Å². The van der Waals surface area contributed by atoms with Crippen molar-refractivity contribution in [2.75, 3.05) is 11.4 Å². The molecule has 1 aliphatic carbocycles. The molecule has 1 aliphatic rings. The van der Waals surface area contributed by atoms with Crippen LogP contribution < -0.4 is 4.90 Å². The second kappa shape index (κ2) is 5.72. The van der Waals surface area contributed by atoms with Gasteiger partial charge in [0.25, 0.3) is 0 Å². The van der Waals surface area contributed by atoms with Gasteiger partial charge < -0.3 is 4.90 Å². The molecule has 0 N–H and O–H groups in total. The first-order valence-corrected chi connectivity index (χ1v) is 6.94. The van der Waals surface area contributed by atoms with Crippen molar-refractivity contribution < 1.29 is 0 Å². The lowest BCUT2D eigenvalue weighted by Gasteiger charge is -2.31. The Kier molecular flexibility index (Phi) is 4.27. The van der Waals surface area contributed by atoms with Crippen molar-refractivity contribution in [1.29, 1.82) is 0 Å². The minimum Gasteiger partial charge on any atom is -0.353 e. The SMILES string of the molecule is CC(C)CN(c1cccc(Cl)n1)C1CCCC1. The van der Waals surface area contributed by atoms with E-state index in [0.29, 0.717) is 17.1 Å². The molecule has 1 saturated carbocycles. The third-order valence-electron chi connectivity index (χ3n) is 3.32. The Morgan fingerprint density at radius 3 is 2.65 bits per heavy atom. The monoisotopic (exact) mass is 252 g/mol. The number of rotatable bonds is 4. The Labute approximate surface area is 109 Å². The van der Waals surface area contributed by atoms with E-state index in [0.717, 1.165) is 12.4 Å². The number of halogens is 1. The van der Waals surface area contributed by atoms with Gasteiger partial charge in [-0.15, -0.1) is 0 Å². The number of pyridine rings is 1. The molecule has 2 rings (SSSR count). The molecule has 1 heterocycles. The average molecular weight is 253 g/mol. The van der Waals surface area contributed by atoms with E-state index in [1.165, 1.54) is 25.7 Å². The quantitative estimate of drug-likeness (QED) is 0.749. The van der Waals surface area contributed by atoms with Gasteiger partial charge in [-0.05, 0) is 30.9 Å². The Balaban J connectivity index is 2.19. The smallest absolute Gasteiger partial charge is 0.131 e. The van der Waals surface area contributed by atoms with Crippen LogP contribution in [0.1, 0.15) is 39.5 Å². The number of nitrogens with zero attached hydrogens (tertiary/aromatic N) is 2. The van der Waals surface area contributed by atoms with Gasteiger partial charge >= 0.3 is 0 Å². The number of anilines is 1. The molecule has 1 aromatic heterocycles. The molecule has 0 unspecified atom stereocenters. The maximum absolute atomic E-state index is 5.99. The van der Waals surface area contributed by atoms with Crippen LogP contribution in [-0.2, 0) is 0 Å². The van der Waals surface area contributed by atoms with Crippen LogP contribution in [0.15, 0.2) is 18.2 Å². The van der Waals surface area contributed by atoms with Crippen LogP contribution in [0, 0.1) is 5.92 Å². The molecule has 2 nitrogen and oxygen atoms in total. The summed E-state index contributed by atoms with van der Waals surface area (Å²) in [5.74, 6) is 1.69. The fourth-order valence-corrected chi connectivity index (χ4v) is 2.76. The van der Waals surface area contributed by atoms with Crippen LogP contribution in [0.3, 0.4) is 0 Å². The molecular weight excluding hydrogens is 232 g/mol. The first-order chi connectivity index (χ1) is 8.16. The average Bonchev–Trinajstić information content (AvgIpc) is 2.79. The molecule has 1 fully saturated rings. The summed E-state index contributed by atoms with van der Waals surface area (Å²) in [5.41, 5.74) is 0. The van der Waals surface area contributed by atoms with Crippen molar-refractivity contribution in [2.24, 2.45) is 5.92 Å². The highest BCUT2D eigenvalue weighted by molar-refractivity contribution is 6.29. The number of hydrogen-bond donors (Lipinski definition) is 0. The van der Waals surface area contributed by atoms with Gasteiger partial charge in [0.05, 0.1) is 0 Å². The van der Waals surface area contributed by atoms with Crippen molar-refractivity contribution in [3.63, 3.8) is 0 Å². The van der Waals surface area contributed by atoms with E-state index < -0.39 is 0 Å². The lowest BCUT2D eigenvalue weighted by Crippen LogP contribution is -2.36. The van der Waals surface area contributed by atoms with Crippen LogP contribution >= 0.6 is 11.6 Å². The summed E-state index contributed by atoms with van der Waals surface area (Å²) < 4.78 is 0. The van der Waals surface area contributed by atoms with Crippen LogP contribution in [0.2, 0.25) is 5.15 Å². The van der Waals surface area contributed by atoms with Crippen molar-refractivity contribution in [2.45, 2.75) is 45.6 Å². The molecule has 0 spiro atoms. The lowest BCUT2D eigenvalue weighted by molar-refractivity contribution is 0.531. The van der Waals surface area contributed by atoms with Gasteiger partial charge in [0.15, 0.2) is 0 Å². The summed E-state index contributed by atoms with van der Waals surface area (Å²) in [6.45, 7) is 5.58. The van der Waals surface area contributed by atoms with Gasteiger partial charge in [0, 0.05) is 12.6 Å². The zero-order chi connectivity index (χ0) is 12.3. The van der Waals surface area contributed by atoms with Gasteiger partial charge in [-0.2, -0.15) is 0 Å². The summed E-state index contributed by atoms with van der Waals surface area (Å²) in [7, 11) is 0. The molecule has 0 bridgehead atoms. The topological polar surface area (TPSA) is 16.1 Å². The molecule has 0 radical (unpaired) electrons.